The highest BCUT2D eigenvalue weighted by molar-refractivity contribution is 7.91. The molecule has 2 heterocycles. The second kappa shape index (κ2) is 8.06. The van der Waals surface area contributed by atoms with Crippen molar-refractivity contribution in [2.75, 3.05) is 26.8 Å². The van der Waals surface area contributed by atoms with Crippen molar-refractivity contribution in [1.29, 1.82) is 0 Å². The van der Waals surface area contributed by atoms with Crippen molar-refractivity contribution in [3.8, 4) is 0 Å². The fourth-order valence-electron chi connectivity index (χ4n) is 2.51. The molecule has 0 aliphatic carbocycles. The second-order valence-electron chi connectivity index (χ2n) is 5.38. The van der Waals surface area contributed by atoms with E-state index in [1.54, 1.807) is 17.5 Å². The zero-order valence-corrected chi connectivity index (χ0v) is 14.8. The average Bonchev–Trinajstić information content (AvgIpc) is 3.14. The van der Waals surface area contributed by atoms with E-state index in [2.05, 4.69) is 10.1 Å². The number of nitrogens with zero attached hydrogens (tertiary/aromatic N) is 1. The van der Waals surface area contributed by atoms with Crippen LogP contribution in [0.4, 0.5) is 0 Å². The standard InChI is InChI=1S/C14H20N2O6S2/c1-22-14(19)11(9-17)15-13(18)10-4-6-16(7-5-10)24(20,21)12-3-2-8-23-12/h2-3,8,10-11,17H,4-7,9H2,1H3,(H,15,18)/t11-/m0/s1. The van der Waals surface area contributed by atoms with Crippen LogP contribution < -0.4 is 5.32 Å². The summed E-state index contributed by atoms with van der Waals surface area (Å²) in [7, 11) is -2.34. The van der Waals surface area contributed by atoms with Gasteiger partial charge in [0.1, 0.15) is 4.21 Å². The van der Waals surface area contributed by atoms with Crippen LogP contribution in [-0.2, 0) is 24.3 Å². The van der Waals surface area contributed by atoms with Gasteiger partial charge in [-0.3, -0.25) is 4.79 Å². The van der Waals surface area contributed by atoms with Gasteiger partial charge in [0, 0.05) is 19.0 Å². The number of aliphatic hydroxyl groups excluding tert-OH is 1. The molecule has 0 bridgehead atoms. The first-order chi connectivity index (χ1) is 11.4. The minimum atomic E-state index is -3.51. The van der Waals surface area contributed by atoms with Gasteiger partial charge in [0.25, 0.3) is 10.0 Å². The Labute approximate surface area is 144 Å². The molecular weight excluding hydrogens is 356 g/mol. The molecule has 0 aromatic carbocycles. The van der Waals surface area contributed by atoms with Gasteiger partial charge in [0.2, 0.25) is 5.91 Å². The Kier molecular flexibility index (Phi) is 6.33. The number of nitrogens with one attached hydrogen (secondary N) is 1. The summed E-state index contributed by atoms with van der Waals surface area (Å²) in [6, 6.07) is 2.14. The number of rotatable bonds is 6. The van der Waals surface area contributed by atoms with E-state index in [0.717, 1.165) is 11.3 Å². The molecule has 24 heavy (non-hydrogen) atoms. The summed E-state index contributed by atoms with van der Waals surface area (Å²) >= 11 is 1.16. The van der Waals surface area contributed by atoms with Crippen molar-refractivity contribution in [3.63, 3.8) is 0 Å². The second-order valence-corrected chi connectivity index (χ2v) is 8.49. The highest BCUT2D eigenvalue weighted by Crippen LogP contribution is 2.26. The Balaban J connectivity index is 1.93. The molecule has 1 aromatic heterocycles. The average molecular weight is 376 g/mol. The Hall–Kier alpha value is -1.49. The molecule has 0 spiro atoms. The third kappa shape index (κ3) is 4.12. The van der Waals surface area contributed by atoms with Gasteiger partial charge < -0.3 is 15.2 Å². The van der Waals surface area contributed by atoms with Crippen molar-refractivity contribution < 1.29 is 27.9 Å². The fourth-order valence-corrected chi connectivity index (χ4v) is 5.12. The first-order valence-corrected chi connectivity index (χ1v) is 9.74. The first-order valence-electron chi connectivity index (χ1n) is 7.43. The lowest BCUT2D eigenvalue weighted by molar-refractivity contribution is -0.146. The summed E-state index contributed by atoms with van der Waals surface area (Å²) in [5.74, 6) is -1.50. The van der Waals surface area contributed by atoms with E-state index in [1.165, 1.54) is 11.4 Å². The predicted octanol–water partition coefficient (Wildman–Crippen LogP) is -0.201. The molecule has 1 aromatic rings. The van der Waals surface area contributed by atoms with Gasteiger partial charge in [-0.15, -0.1) is 11.3 Å². The summed E-state index contributed by atoms with van der Waals surface area (Å²) in [6.07, 6.45) is 0.714. The SMILES string of the molecule is COC(=O)[C@H](CO)NC(=O)C1CCN(S(=O)(=O)c2cccs2)CC1. The van der Waals surface area contributed by atoms with Crippen LogP contribution >= 0.6 is 11.3 Å². The molecule has 1 aliphatic heterocycles. The highest BCUT2D eigenvalue weighted by atomic mass is 32.2. The topological polar surface area (TPSA) is 113 Å². The molecule has 2 rings (SSSR count). The maximum atomic E-state index is 12.4. The van der Waals surface area contributed by atoms with E-state index < -0.39 is 34.6 Å². The van der Waals surface area contributed by atoms with Crippen molar-refractivity contribution in [3.05, 3.63) is 17.5 Å². The number of esters is 1. The van der Waals surface area contributed by atoms with E-state index in [0.29, 0.717) is 12.8 Å². The summed E-state index contributed by atoms with van der Waals surface area (Å²) in [5, 5.41) is 13.3. The summed E-state index contributed by atoms with van der Waals surface area (Å²) in [4.78, 5) is 23.6. The van der Waals surface area contributed by atoms with Crippen molar-refractivity contribution in [2.45, 2.75) is 23.1 Å². The van der Waals surface area contributed by atoms with Gasteiger partial charge in [-0.2, -0.15) is 4.31 Å². The molecule has 1 aliphatic rings. The quantitative estimate of drug-likeness (QED) is 0.665. The van der Waals surface area contributed by atoms with Crippen LogP contribution in [0.25, 0.3) is 0 Å². The molecule has 0 saturated carbocycles. The van der Waals surface area contributed by atoms with Crippen LogP contribution in [0.15, 0.2) is 21.7 Å². The van der Waals surface area contributed by atoms with Crippen LogP contribution in [0.1, 0.15) is 12.8 Å². The van der Waals surface area contributed by atoms with E-state index in [9.17, 15) is 18.0 Å². The van der Waals surface area contributed by atoms with Crippen molar-refractivity contribution in [2.24, 2.45) is 5.92 Å². The molecule has 8 nitrogen and oxygen atoms in total. The molecule has 1 atom stereocenters. The number of thiophene rings is 1. The third-order valence-electron chi connectivity index (χ3n) is 3.90. The molecular formula is C14H20N2O6S2. The number of sulfonamides is 1. The number of hydrogen-bond donors (Lipinski definition) is 2. The summed E-state index contributed by atoms with van der Waals surface area (Å²) in [6.45, 7) is -0.0787. The fraction of sp³-hybridized carbons (Fsp3) is 0.571. The summed E-state index contributed by atoms with van der Waals surface area (Å²) in [5.41, 5.74) is 0. The minimum Gasteiger partial charge on any atom is -0.467 e. The molecule has 2 N–H and O–H groups in total. The minimum absolute atomic E-state index is 0.236. The highest BCUT2D eigenvalue weighted by Gasteiger charge is 2.33. The molecule has 1 fully saturated rings. The van der Waals surface area contributed by atoms with E-state index in [-0.39, 0.29) is 23.2 Å². The van der Waals surface area contributed by atoms with Crippen LogP contribution in [-0.4, -0.2) is 62.6 Å². The van der Waals surface area contributed by atoms with Crippen LogP contribution in [0, 0.1) is 5.92 Å². The number of amides is 1. The molecule has 134 valence electrons. The van der Waals surface area contributed by atoms with E-state index in [1.807, 2.05) is 0 Å². The lowest BCUT2D eigenvalue weighted by atomic mass is 9.97. The number of aliphatic hydroxyl groups is 1. The maximum absolute atomic E-state index is 12.4. The monoisotopic (exact) mass is 376 g/mol. The van der Waals surface area contributed by atoms with Crippen molar-refractivity contribution >= 4 is 33.2 Å². The van der Waals surface area contributed by atoms with Crippen LogP contribution in [0.3, 0.4) is 0 Å². The molecule has 0 radical (unpaired) electrons. The molecule has 0 unspecified atom stereocenters. The summed E-state index contributed by atoms with van der Waals surface area (Å²) < 4.78 is 31.0. The van der Waals surface area contributed by atoms with Gasteiger partial charge in [-0.25, -0.2) is 13.2 Å². The number of carbonyl (C=O) groups is 2. The van der Waals surface area contributed by atoms with Gasteiger partial charge in [0.15, 0.2) is 6.04 Å². The normalized spacial score (nSPS) is 18.1. The largest absolute Gasteiger partial charge is 0.467 e. The number of hydrogen-bond acceptors (Lipinski definition) is 7. The molecule has 1 saturated heterocycles. The van der Waals surface area contributed by atoms with Gasteiger partial charge in [0.05, 0.1) is 13.7 Å². The van der Waals surface area contributed by atoms with Crippen molar-refractivity contribution in [1.82, 2.24) is 9.62 Å². The Bertz CT molecular complexity index is 665. The van der Waals surface area contributed by atoms with Gasteiger partial charge in [-0.1, -0.05) is 6.07 Å². The number of methoxy groups -OCH3 is 1. The molecule has 1 amide bonds. The Morgan fingerprint density at radius 3 is 2.62 bits per heavy atom. The zero-order valence-electron chi connectivity index (χ0n) is 13.2. The number of ether oxygens (including phenoxy) is 1. The van der Waals surface area contributed by atoms with Gasteiger partial charge in [-0.05, 0) is 24.3 Å². The van der Waals surface area contributed by atoms with E-state index >= 15 is 0 Å². The number of carbonyl (C=O) groups excluding carboxylic acids is 2. The zero-order chi connectivity index (χ0) is 17.7. The number of piperidine rings is 1. The predicted molar refractivity (Wildman–Crippen MR) is 86.8 cm³/mol. The van der Waals surface area contributed by atoms with Crippen LogP contribution in [0.2, 0.25) is 0 Å². The smallest absolute Gasteiger partial charge is 0.330 e. The Morgan fingerprint density at radius 2 is 2.12 bits per heavy atom. The maximum Gasteiger partial charge on any atom is 0.330 e. The molecule has 10 heteroatoms. The first kappa shape index (κ1) is 18.8. The Morgan fingerprint density at radius 1 is 1.46 bits per heavy atom. The van der Waals surface area contributed by atoms with Crippen LogP contribution in [0.5, 0.6) is 0 Å². The van der Waals surface area contributed by atoms with Gasteiger partial charge >= 0.3 is 5.97 Å². The lowest BCUT2D eigenvalue weighted by Crippen LogP contribution is -2.49. The lowest BCUT2D eigenvalue weighted by Gasteiger charge is -2.30. The van der Waals surface area contributed by atoms with E-state index in [4.69, 9.17) is 5.11 Å². The third-order valence-corrected chi connectivity index (χ3v) is 7.17.